The summed E-state index contributed by atoms with van der Waals surface area (Å²) in [5, 5.41) is 7.16. The van der Waals surface area contributed by atoms with E-state index < -0.39 is 0 Å². The highest BCUT2D eigenvalue weighted by Crippen LogP contribution is 1.99. The molecule has 0 saturated heterocycles. The Bertz CT molecular complexity index is 148. The lowest BCUT2D eigenvalue weighted by atomic mass is 10.2. The first kappa shape index (κ1) is 17.9. The van der Waals surface area contributed by atoms with Gasteiger partial charge in [0.15, 0.2) is 0 Å². The summed E-state index contributed by atoms with van der Waals surface area (Å²) in [6.45, 7) is 10.4. The summed E-state index contributed by atoms with van der Waals surface area (Å²) in [6.07, 6.45) is 12.1. The Kier molecular flexibility index (Phi) is 14.9. The fourth-order valence-corrected chi connectivity index (χ4v) is 2.12. The minimum absolute atomic E-state index is 0.662. The monoisotopic (exact) mass is 256 g/mol. The number of nitrogens with one attached hydrogen (secondary N) is 2. The van der Waals surface area contributed by atoms with Crippen molar-refractivity contribution in [3.05, 3.63) is 0 Å². The molecule has 0 aromatic rings. The lowest BCUT2D eigenvalue weighted by Gasteiger charge is -2.14. The van der Waals surface area contributed by atoms with E-state index in [0.29, 0.717) is 6.04 Å². The SMILES string of the molecule is CCCCCCNCCC(C)NCCCCCC. The van der Waals surface area contributed by atoms with Gasteiger partial charge >= 0.3 is 0 Å². The van der Waals surface area contributed by atoms with Gasteiger partial charge in [-0.2, -0.15) is 0 Å². The van der Waals surface area contributed by atoms with Crippen LogP contribution in [0.1, 0.15) is 78.6 Å². The molecule has 0 rings (SSSR count). The molecule has 1 atom stereocenters. The molecular weight excluding hydrogens is 220 g/mol. The molecule has 0 heterocycles. The van der Waals surface area contributed by atoms with Gasteiger partial charge in [0.05, 0.1) is 0 Å². The van der Waals surface area contributed by atoms with E-state index in [2.05, 4.69) is 31.4 Å². The van der Waals surface area contributed by atoms with Gasteiger partial charge in [0.2, 0.25) is 0 Å². The van der Waals surface area contributed by atoms with Gasteiger partial charge in [-0.1, -0.05) is 52.4 Å². The number of unbranched alkanes of at least 4 members (excludes halogenated alkanes) is 6. The molecule has 2 nitrogen and oxygen atoms in total. The highest BCUT2D eigenvalue weighted by Gasteiger charge is 1.99. The Balaban J connectivity index is 3.09. The van der Waals surface area contributed by atoms with Gasteiger partial charge in [0.25, 0.3) is 0 Å². The number of hydrogen-bond donors (Lipinski definition) is 2. The van der Waals surface area contributed by atoms with Gasteiger partial charge < -0.3 is 10.6 Å². The van der Waals surface area contributed by atoms with E-state index in [0.717, 1.165) is 6.54 Å². The van der Waals surface area contributed by atoms with E-state index in [9.17, 15) is 0 Å². The molecule has 0 aliphatic heterocycles. The lowest BCUT2D eigenvalue weighted by molar-refractivity contribution is 0.475. The summed E-state index contributed by atoms with van der Waals surface area (Å²) in [6, 6.07) is 0.662. The average Bonchev–Trinajstić information content (AvgIpc) is 2.37. The smallest absolute Gasteiger partial charge is 0.00508 e. The lowest BCUT2D eigenvalue weighted by Crippen LogP contribution is -2.31. The second-order valence-corrected chi connectivity index (χ2v) is 5.52. The van der Waals surface area contributed by atoms with Crippen LogP contribution in [0.15, 0.2) is 0 Å². The number of rotatable bonds is 14. The van der Waals surface area contributed by atoms with Gasteiger partial charge in [-0.15, -0.1) is 0 Å². The fourth-order valence-electron chi connectivity index (χ4n) is 2.12. The molecule has 0 spiro atoms. The third-order valence-corrected chi connectivity index (χ3v) is 3.48. The van der Waals surface area contributed by atoms with Crippen molar-refractivity contribution in [1.29, 1.82) is 0 Å². The molecule has 2 heteroatoms. The van der Waals surface area contributed by atoms with Gasteiger partial charge in [-0.05, 0) is 45.8 Å². The van der Waals surface area contributed by atoms with Crippen molar-refractivity contribution in [3.63, 3.8) is 0 Å². The summed E-state index contributed by atoms with van der Waals surface area (Å²) >= 11 is 0. The van der Waals surface area contributed by atoms with Crippen LogP contribution in [0.3, 0.4) is 0 Å². The highest BCUT2D eigenvalue weighted by molar-refractivity contribution is 4.62. The van der Waals surface area contributed by atoms with Crippen LogP contribution in [-0.2, 0) is 0 Å². The Morgan fingerprint density at radius 1 is 0.722 bits per heavy atom. The third-order valence-electron chi connectivity index (χ3n) is 3.48. The van der Waals surface area contributed by atoms with E-state index in [1.54, 1.807) is 0 Å². The summed E-state index contributed by atoms with van der Waals surface area (Å²) in [5.74, 6) is 0. The molecule has 0 radical (unpaired) electrons. The summed E-state index contributed by atoms with van der Waals surface area (Å²) in [7, 11) is 0. The number of hydrogen-bond acceptors (Lipinski definition) is 2. The molecule has 0 saturated carbocycles. The molecule has 0 aromatic heterocycles. The summed E-state index contributed by atoms with van der Waals surface area (Å²) in [4.78, 5) is 0. The average molecular weight is 256 g/mol. The first-order valence-electron chi connectivity index (χ1n) is 8.25. The zero-order chi connectivity index (χ0) is 13.5. The third kappa shape index (κ3) is 14.0. The maximum atomic E-state index is 3.61. The molecule has 1 unspecified atom stereocenters. The first-order valence-corrected chi connectivity index (χ1v) is 8.25. The van der Waals surface area contributed by atoms with Crippen molar-refractivity contribution in [3.8, 4) is 0 Å². The van der Waals surface area contributed by atoms with E-state index in [1.165, 1.54) is 70.9 Å². The molecule has 18 heavy (non-hydrogen) atoms. The first-order chi connectivity index (χ1) is 8.81. The van der Waals surface area contributed by atoms with Crippen molar-refractivity contribution in [2.45, 2.75) is 84.6 Å². The second-order valence-electron chi connectivity index (χ2n) is 5.52. The molecule has 0 aromatic carbocycles. The zero-order valence-corrected chi connectivity index (χ0v) is 13.1. The van der Waals surface area contributed by atoms with Crippen LogP contribution in [0.2, 0.25) is 0 Å². The predicted octanol–water partition coefficient (Wildman–Crippen LogP) is 4.10. The fraction of sp³-hybridized carbons (Fsp3) is 1.00. The molecule has 0 amide bonds. The topological polar surface area (TPSA) is 24.1 Å². The normalized spacial score (nSPS) is 12.8. The van der Waals surface area contributed by atoms with Gasteiger partial charge in [0, 0.05) is 6.04 Å². The summed E-state index contributed by atoms with van der Waals surface area (Å²) < 4.78 is 0. The molecule has 0 aliphatic rings. The minimum Gasteiger partial charge on any atom is -0.317 e. The second kappa shape index (κ2) is 15.0. The van der Waals surface area contributed by atoms with E-state index >= 15 is 0 Å². The van der Waals surface area contributed by atoms with Crippen LogP contribution >= 0.6 is 0 Å². The quantitative estimate of drug-likeness (QED) is 0.457. The standard InChI is InChI=1S/C16H36N2/c1-4-6-8-10-13-17-15-12-16(3)18-14-11-9-7-5-2/h16-18H,4-15H2,1-3H3. The van der Waals surface area contributed by atoms with Crippen molar-refractivity contribution < 1.29 is 0 Å². The van der Waals surface area contributed by atoms with Crippen LogP contribution in [0, 0.1) is 0 Å². The Morgan fingerprint density at radius 3 is 1.94 bits per heavy atom. The Labute approximate surface area is 115 Å². The molecular formula is C16H36N2. The largest absolute Gasteiger partial charge is 0.317 e. The molecule has 110 valence electrons. The van der Waals surface area contributed by atoms with E-state index in [-0.39, 0.29) is 0 Å². The van der Waals surface area contributed by atoms with Gasteiger partial charge in [-0.25, -0.2) is 0 Å². The highest BCUT2D eigenvalue weighted by atomic mass is 14.9. The Hall–Kier alpha value is -0.0800. The van der Waals surface area contributed by atoms with Gasteiger partial charge in [-0.3, -0.25) is 0 Å². The van der Waals surface area contributed by atoms with Crippen molar-refractivity contribution >= 4 is 0 Å². The minimum atomic E-state index is 0.662. The maximum absolute atomic E-state index is 3.61. The van der Waals surface area contributed by atoms with Crippen LogP contribution in [0.4, 0.5) is 0 Å². The van der Waals surface area contributed by atoms with Crippen molar-refractivity contribution in [1.82, 2.24) is 10.6 Å². The van der Waals surface area contributed by atoms with Crippen molar-refractivity contribution in [2.75, 3.05) is 19.6 Å². The molecule has 2 N–H and O–H groups in total. The van der Waals surface area contributed by atoms with Crippen LogP contribution in [0.5, 0.6) is 0 Å². The zero-order valence-electron chi connectivity index (χ0n) is 13.1. The summed E-state index contributed by atoms with van der Waals surface area (Å²) in [5.41, 5.74) is 0. The molecule has 0 bridgehead atoms. The predicted molar refractivity (Wildman–Crippen MR) is 83.2 cm³/mol. The van der Waals surface area contributed by atoms with Gasteiger partial charge in [0.1, 0.15) is 0 Å². The van der Waals surface area contributed by atoms with Crippen LogP contribution in [0.25, 0.3) is 0 Å². The van der Waals surface area contributed by atoms with E-state index in [1.807, 2.05) is 0 Å². The maximum Gasteiger partial charge on any atom is 0.00508 e. The van der Waals surface area contributed by atoms with E-state index in [4.69, 9.17) is 0 Å². The molecule has 0 fully saturated rings. The van der Waals surface area contributed by atoms with Crippen LogP contribution in [-0.4, -0.2) is 25.7 Å². The van der Waals surface area contributed by atoms with Crippen molar-refractivity contribution in [2.24, 2.45) is 0 Å². The Morgan fingerprint density at radius 2 is 1.33 bits per heavy atom. The van der Waals surface area contributed by atoms with Crippen LogP contribution < -0.4 is 10.6 Å². The molecule has 0 aliphatic carbocycles.